The summed E-state index contributed by atoms with van der Waals surface area (Å²) in [6.45, 7) is 3.90. The third-order valence-corrected chi connectivity index (χ3v) is 9.43. The Morgan fingerprint density at radius 1 is 1.09 bits per heavy atom. The first-order valence-electron chi connectivity index (χ1n) is 14.6. The van der Waals surface area contributed by atoms with Crippen molar-refractivity contribution in [3.05, 3.63) is 88.1 Å². The Kier molecular flexibility index (Phi) is 7.15. The lowest BCUT2D eigenvalue weighted by atomic mass is 9.79. The van der Waals surface area contributed by atoms with Crippen molar-refractivity contribution >= 4 is 5.91 Å². The van der Waals surface area contributed by atoms with Gasteiger partial charge in [-0.25, -0.2) is 14.0 Å². The van der Waals surface area contributed by atoms with Gasteiger partial charge in [-0.05, 0) is 98.4 Å². The van der Waals surface area contributed by atoms with Crippen molar-refractivity contribution in [3.8, 4) is 28.8 Å². The van der Waals surface area contributed by atoms with Gasteiger partial charge in [0, 0.05) is 6.42 Å². The average Bonchev–Trinajstić information content (AvgIpc) is 3.29. The van der Waals surface area contributed by atoms with Gasteiger partial charge in [0.2, 0.25) is 5.91 Å². The first kappa shape index (κ1) is 28.7. The number of hydrogen-bond acceptors (Lipinski definition) is 4. The molecule has 0 aliphatic heterocycles. The van der Waals surface area contributed by atoms with Crippen LogP contribution in [0.3, 0.4) is 0 Å². The smallest absolute Gasteiger partial charge is 0.274 e. The summed E-state index contributed by atoms with van der Waals surface area (Å²) in [5.41, 5.74) is 0.805. The number of carbonyl (C=O) groups excluding carboxylic acids is 1. The van der Waals surface area contributed by atoms with E-state index in [1.54, 1.807) is 41.9 Å². The van der Waals surface area contributed by atoms with Crippen LogP contribution >= 0.6 is 0 Å². The molecule has 2 heterocycles. The van der Waals surface area contributed by atoms with Crippen molar-refractivity contribution in [1.82, 2.24) is 18.9 Å². The van der Waals surface area contributed by atoms with Gasteiger partial charge in [-0.3, -0.25) is 9.36 Å². The maximum absolute atomic E-state index is 14.0. The van der Waals surface area contributed by atoms with Gasteiger partial charge in [0.1, 0.15) is 0 Å². The Bertz CT molecular complexity index is 1780. The molecule has 1 unspecified atom stereocenters. The molecule has 1 spiro atoms. The van der Waals surface area contributed by atoms with Crippen LogP contribution < -0.4 is 5.69 Å². The van der Waals surface area contributed by atoms with Gasteiger partial charge >= 0.3 is 11.9 Å². The van der Waals surface area contributed by atoms with Crippen molar-refractivity contribution in [1.29, 1.82) is 5.26 Å². The maximum atomic E-state index is 14.0. The fraction of sp³-hybridized carbons (Fsp3) is 0.394. The van der Waals surface area contributed by atoms with Crippen LogP contribution in [-0.2, 0) is 6.18 Å². The van der Waals surface area contributed by atoms with E-state index in [-0.39, 0.29) is 17.8 Å². The summed E-state index contributed by atoms with van der Waals surface area (Å²) < 4.78 is 44.6. The lowest BCUT2D eigenvalue weighted by molar-refractivity contribution is -0.137. The van der Waals surface area contributed by atoms with Crippen LogP contribution in [0.2, 0.25) is 0 Å². The van der Waals surface area contributed by atoms with Gasteiger partial charge in [-0.15, -0.1) is 0 Å². The third-order valence-electron chi connectivity index (χ3n) is 9.43. The van der Waals surface area contributed by atoms with Crippen molar-refractivity contribution in [2.24, 2.45) is 17.3 Å². The fourth-order valence-electron chi connectivity index (χ4n) is 6.83. The minimum atomic E-state index is -4.60. The number of imidazole rings is 1. The highest BCUT2D eigenvalue weighted by Gasteiger charge is 2.53. The Balaban J connectivity index is 1.42. The standard InChI is InChI=1S/C33H32F3N5O2/c1-21-12-15-32(16-13-21)19-25(32)8-11-29(42)40-30(28-14-17-38-41(28)26-9-6-23(20-37)7-10-26)22(2)39(31(40)43)27-5-3-4-24(18-27)33(34,35)36/h3-7,9-10,14,17-18,21,25H,8,11-13,15-16,19H2,1-2H3. The number of benzene rings is 2. The molecular weight excluding hydrogens is 555 g/mol. The minimum Gasteiger partial charge on any atom is -0.274 e. The molecule has 2 aromatic heterocycles. The third kappa shape index (κ3) is 5.22. The maximum Gasteiger partial charge on any atom is 0.416 e. The van der Waals surface area contributed by atoms with E-state index in [0.717, 1.165) is 29.0 Å². The summed E-state index contributed by atoms with van der Waals surface area (Å²) in [6, 6.07) is 15.0. The van der Waals surface area contributed by atoms with Gasteiger partial charge < -0.3 is 0 Å². The van der Waals surface area contributed by atoms with Crippen LogP contribution in [-0.4, -0.2) is 24.8 Å². The van der Waals surface area contributed by atoms with E-state index < -0.39 is 23.3 Å². The quantitative estimate of drug-likeness (QED) is 0.236. The van der Waals surface area contributed by atoms with E-state index >= 15 is 0 Å². The van der Waals surface area contributed by atoms with E-state index in [2.05, 4.69) is 18.1 Å². The first-order valence-corrected chi connectivity index (χ1v) is 14.6. The first-order chi connectivity index (χ1) is 20.5. The van der Waals surface area contributed by atoms with Gasteiger partial charge in [0.15, 0.2) is 0 Å². The van der Waals surface area contributed by atoms with Crippen molar-refractivity contribution in [2.75, 3.05) is 0 Å². The van der Waals surface area contributed by atoms with Crippen LogP contribution in [0.25, 0.3) is 22.8 Å². The highest BCUT2D eigenvalue weighted by molar-refractivity contribution is 5.85. The monoisotopic (exact) mass is 587 g/mol. The fourth-order valence-corrected chi connectivity index (χ4v) is 6.83. The number of nitrogens with zero attached hydrogens (tertiary/aromatic N) is 5. The molecule has 2 aromatic carbocycles. The molecule has 0 amide bonds. The predicted octanol–water partition coefficient (Wildman–Crippen LogP) is 7.33. The molecule has 0 radical (unpaired) electrons. The van der Waals surface area contributed by atoms with Crippen molar-refractivity contribution in [3.63, 3.8) is 0 Å². The van der Waals surface area contributed by atoms with Gasteiger partial charge in [-0.1, -0.05) is 25.8 Å². The molecule has 4 aromatic rings. The van der Waals surface area contributed by atoms with Crippen LogP contribution in [0.15, 0.2) is 65.6 Å². The van der Waals surface area contributed by atoms with E-state index in [0.29, 0.717) is 40.4 Å². The number of carbonyl (C=O) groups is 1. The molecule has 0 saturated heterocycles. The number of nitriles is 1. The topological polar surface area (TPSA) is 85.6 Å². The molecule has 0 bridgehead atoms. The van der Waals surface area contributed by atoms with E-state index in [1.807, 2.05) is 0 Å². The highest BCUT2D eigenvalue weighted by Crippen LogP contribution is 2.63. The zero-order chi connectivity index (χ0) is 30.5. The Labute approximate surface area is 247 Å². The Morgan fingerprint density at radius 2 is 1.81 bits per heavy atom. The predicted molar refractivity (Wildman–Crippen MR) is 155 cm³/mol. The second-order valence-electron chi connectivity index (χ2n) is 12.1. The summed E-state index contributed by atoms with van der Waals surface area (Å²) in [5, 5.41) is 13.6. The lowest BCUT2D eigenvalue weighted by Crippen LogP contribution is -2.29. The molecule has 2 fully saturated rings. The lowest BCUT2D eigenvalue weighted by Gasteiger charge is -2.27. The molecule has 7 nitrogen and oxygen atoms in total. The molecule has 1 atom stereocenters. The molecule has 0 N–H and O–H groups in total. The Morgan fingerprint density at radius 3 is 2.49 bits per heavy atom. The highest BCUT2D eigenvalue weighted by atomic mass is 19.4. The number of rotatable bonds is 6. The SMILES string of the molecule is Cc1c(-c2ccnn2-c2ccc(C#N)cc2)n(C(=O)CCC2CC23CCC(C)CC3)c(=O)n1-c1cccc(C(F)(F)F)c1. The number of halogens is 3. The summed E-state index contributed by atoms with van der Waals surface area (Å²) in [4.78, 5) is 27.9. The number of hydrogen-bond donors (Lipinski definition) is 0. The summed E-state index contributed by atoms with van der Waals surface area (Å²) in [6.07, 6.45) is 3.61. The molecular formula is C33H32F3N5O2. The van der Waals surface area contributed by atoms with Crippen LogP contribution in [0.5, 0.6) is 0 Å². The van der Waals surface area contributed by atoms with Crippen molar-refractivity contribution in [2.45, 2.75) is 65.0 Å². The molecule has 6 rings (SSSR count). The molecule has 43 heavy (non-hydrogen) atoms. The van der Waals surface area contributed by atoms with E-state index in [1.165, 1.54) is 48.6 Å². The van der Waals surface area contributed by atoms with E-state index in [9.17, 15) is 28.0 Å². The van der Waals surface area contributed by atoms with Gasteiger partial charge in [0.05, 0.1) is 51.8 Å². The number of alkyl halides is 3. The largest absolute Gasteiger partial charge is 0.416 e. The molecule has 222 valence electrons. The summed E-state index contributed by atoms with van der Waals surface area (Å²) >= 11 is 0. The normalized spacial score (nSPS) is 21.6. The molecule has 10 heteroatoms. The molecule has 2 aliphatic carbocycles. The molecule has 2 aliphatic rings. The van der Waals surface area contributed by atoms with Gasteiger partial charge in [-0.2, -0.15) is 23.5 Å². The zero-order valence-corrected chi connectivity index (χ0v) is 24.1. The average molecular weight is 588 g/mol. The zero-order valence-electron chi connectivity index (χ0n) is 24.1. The van der Waals surface area contributed by atoms with Crippen LogP contribution in [0.1, 0.15) is 73.5 Å². The second kappa shape index (κ2) is 10.7. The van der Waals surface area contributed by atoms with Crippen molar-refractivity contribution < 1.29 is 18.0 Å². The van der Waals surface area contributed by atoms with Gasteiger partial charge in [0.25, 0.3) is 0 Å². The summed E-state index contributed by atoms with van der Waals surface area (Å²) in [7, 11) is 0. The summed E-state index contributed by atoms with van der Waals surface area (Å²) in [5.74, 6) is 0.778. The second-order valence-corrected chi connectivity index (χ2v) is 12.1. The van der Waals surface area contributed by atoms with Crippen LogP contribution in [0.4, 0.5) is 13.2 Å². The Hall–Kier alpha value is -4.39. The molecule has 2 saturated carbocycles. The number of aromatic nitrogens is 4. The van der Waals surface area contributed by atoms with E-state index in [4.69, 9.17) is 0 Å². The minimum absolute atomic E-state index is 0.0204. The van der Waals surface area contributed by atoms with Crippen LogP contribution in [0, 0.1) is 35.5 Å².